The Balaban J connectivity index is 2.22. The SMILES string of the molecule is C=CCn1c(=NC(=O)c2ccn(C)n2)sc2cc(F)cc(F)c21. The summed E-state index contributed by atoms with van der Waals surface area (Å²) in [5.74, 6) is -1.93. The van der Waals surface area contributed by atoms with Gasteiger partial charge in [-0.05, 0) is 12.1 Å². The van der Waals surface area contributed by atoms with Gasteiger partial charge in [0, 0.05) is 25.9 Å². The molecule has 23 heavy (non-hydrogen) atoms. The van der Waals surface area contributed by atoms with Crippen LogP contribution in [0.5, 0.6) is 0 Å². The van der Waals surface area contributed by atoms with Crippen LogP contribution in [-0.2, 0) is 13.6 Å². The van der Waals surface area contributed by atoms with Crippen LogP contribution in [0.25, 0.3) is 10.2 Å². The van der Waals surface area contributed by atoms with Gasteiger partial charge in [-0.15, -0.1) is 6.58 Å². The summed E-state index contributed by atoms with van der Waals surface area (Å²) in [5, 5.41) is 3.98. The summed E-state index contributed by atoms with van der Waals surface area (Å²) in [6, 6.07) is 3.56. The number of rotatable bonds is 3. The average molecular weight is 334 g/mol. The fourth-order valence-electron chi connectivity index (χ4n) is 2.19. The highest BCUT2D eigenvalue weighted by Gasteiger charge is 2.14. The zero-order valence-electron chi connectivity index (χ0n) is 12.2. The van der Waals surface area contributed by atoms with Crippen LogP contribution in [-0.4, -0.2) is 20.3 Å². The number of fused-ring (bicyclic) bond motifs is 1. The Morgan fingerprint density at radius 3 is 2.91 bits per heavy atom. The highest BCUT2D eigenvalue weighted by Crippen LogP contribution is 2.22. The van der Waals surface area contributed by atoms with Crippen molar-refractivity contribution in [2.75, 3.05) is 0 Å². The fourth-order valence-corrected chi connectivity index (χ4v) is 3.26. The van der Waals surface area contributed by atoms with Crippen LogP contribution in [0.15, 0.2) is 42.0 Å². The van der Waals surface area contributed by atoms with E-state index in [1.165, 1.54) is 21.4 Å². The van der Waals surface area contributed by atoms with Crippen LogP contribution >= 0.6 is 11.3 Å². The lowest BCUT2D eigenvalue weighted by Crippen LogP contribution is -2.17. The molecule has 118 valence electrons. The second kappa shape index (κ2) is 5.88. The van der Waals surface area contributed by atoms with E-state index in [2.05, 4.69) is 16.7 Å². The van der Waals surface area contributed by atoms with Gasteiger partial charge < -0.3 is 4.57 Å². The highest BCUT2D eigenvalue weighted by molar-refractivity contribution is 7.16. The molecule has 3 rings (SSSR count). The van der Waals surface area contributed by atoms with Crippen LogP contribution in [0, 0.1) is 11.6 Å². The molecule has 0 saturated carbocycles. The molecule has 1 amide bonds. The smallest absolute Gasteiger partial charge is 0.300 e. The number of aryl methyl sites for hydroxylation is 1. The largest absolute Gasteiger partial charge is 0.310 e. The molecule has 0 aliphatic heterocycles. The molecule has 0 bridgehead atoms. The minimum absolute atomic E-state index is 0.182. The lowest BCUT2D eigenvalue weighted by Gasteiger charge is -2.01. The van der Waals surface area contributed by atoms with Crippen molar-refractivity contribution in [1.82, 2.24) is 14.3 Å². The van der Waals surface area contributed by atoms with Crippen LogP contribution in [0.3, 0.4) is 0 Å². The van der Waals surface area contributed by atoms with Crippen molar-refractivity contribution >= 4 is 27.5 Å². The van der Waals surface area contributed by atoms with Crippen molar-refractivity contribution in [3.8, 4) is 0 Å². The van der Waals surface area contributed by atoms with Gasteiger partial charge in [-0.2, -0.15) is 10.1 Å². The monoisotopic (exact) mass is 334 g/mol. The molecular formula is C15H12F2N4OS. The predicted octanol–water partition coefficient (Wildman–Crippen LogP) is 2.64. The summed E-state index contributed by atoms with van der Waals surface area (Å²) in [7, 11) is 1.69. The Kier molecular flexibility index (Phi) is 3.91. The number of aromatic nitrogens is 3. The van der Waals surface area contributed by atoms with Crippen molar-refractivity contribution in [3.63, 3.8) is 0 Å². The maximum absolute atomic E-state index is 14.1. The second-order valence-electron chi connectivity index (χ2n) is 4.81. The Morgan fingerprint density at radius 2 is 2.26 bits per heavy atom. The van der Waals surface area contributed by atoms with Crippen LogP contribution < -0.4 is 4.80 Å². The molecule has 0 unspecified atom stereocenters. The summed E-state index contributed by atoms with van der Waals surface area (Å²) in [6.07, 6.45) is 3.18. The summed E-state index contributed by atoms with van der Waals surface area (Å²) in [6.45, 7) is 3.86. The van der Waals surface area contributed by atoms with E-state index in [1.54, 1.807) is 19.3 Å². The number of carbonyl (C=O) groups excluding carboxylic acids is 1. The maximum Gasteiger partial charge on any atom is 0.300 e. The molecule has 0 fully saturated rings. The first-order chi connectivity index (χ1) is 11.0. The molecule has 0 atom stereocenters. The molecule has 0 spiro atoms. The van der Waals surface area contributed by atoms with Crippen molar-refractivity contribution in [1.29, 1.82) is 0 Å². The zero-order chi connectivity index (χ0) is 16.6. The Labute approximate surface area is 133 Å². The molecule has 0 aliphatic rings. The first-order valence-corrected chi connectivity index (χ1v) is 7.49. The summed E-state index contributed by atoms with van der Waals surface area (Å²) >= 11 is 1.04. The van der Waals surface area contributed by atoms with Crippen molar-refractivity contribution in [2.24, 2.45) is 12.0 Å². The van der Waals surface area contributed by atoms with Gasteiger partial charge in [0.1, 0.15) is 5.82 Å². The van der Waals surface area contributed by atoms with Crippen molar-refractivity contribution in [3.05, 3.63) is 59.2 Å². The number of hydrogen-bond acceptors (Lipinski definition) is 3. The minimum atomic E-state index is -0.704. The quantitative estimate of drug-likeness (QED) is 0.692. The number of nitrogens with zero attached hydrogens (tertiary/aromatic N) is 4. The van der Waals surface area contributed by atoms with E-state index in [0.29, 0.717) is 4.70 Å². The minimum Gasteiger partial charge on any atom is -0.310 e. The third kappa shape index (κ3) is 2.85. The molecule has 0 aliphatic carbocycles. The maximum atomic E-state index is 14.1. The van der Waals surface area contributed by atoms with Gasteiger partial charge in [0.25, 0.3) is 5.91 Å². The van der Waals surface area contributed by atoms with Gasteiger partial charge in [-0.1, -0.05) is 17.4 Å². The summed E-state index contributed by atoms with van der Waals surface area (Å²) < 4.78 is 30.8. The first kappa shape index (κ1) is 15.3. The molecule has 3 aromatic rings. The number of hydrogen-bond donors (Lipinski definition) is 0. The average Bonchev–Trinajstić information content (AvgIpc) is 3.04. The van der Waals surface area contributed by atoms with Gasteiger partial charge in [0.05, 0.1) is 10.2 Å². The number of carbonyl (C=O) groups is 1. The van der Waals surface area contributed by atoms with E-state index in [9.17, 15) is 13.6 Å². The Hall–Kier alpha value is -2.61. The van der Waals surface area contributed by atoms with Crippen molar-refractivity contribution < 1.29 is 13.6 Å². The fraction of sp³-hybridized carbons (Fsp3) is 0.133. The summed E-state index contributed by atoms with van der Waals surface area (Å²) in [4.78, 5) is 16.4. The zero-order valence-corrected chi connectivity index (χ0v) is 13.0. The molecule has 8 heteroatoms. The lowest BCUT2D eigenvalue weighted by atomic mass is 10.3. The Morgan fingerprint density at radius 1 is 1.48 bits per heavy atom. The van der Waals surface area contributed by atoms with E-state index in [1.807, 2.05) is 0 Å². The highest BCUT2D eigenvalue weighted by atomic mass is 32.1. The second-order valence-corrected chi connectivity index (χ2v) is 5.82. The Bertz CT molecular complexity index is 983. The third-order valence-corrected chi connectivity index (χ3v) is 4.16. The number of benzene rings is 1. The molecule has 2 heterocycles. The van der Waals surface area contributed by atoms with Crippen LogP contribution in [0.4, 0.5) is 8.78 Å². The molecule has 0 saturated heterocycles. The van der Waals surface area contributed by atoms with Gasteiger partial charge in [0.15, 0.2) is 16.3 Å². The van der Waals surface area contributed by atoms with E-state index >= 15 is 0 Å². The number of amides is 1. The van der Waals surface area contributed by atoms with Crippen LogP contribution in [0.2, 0.25) is 0 Å². The first-order valence-electron chi connectivity index (χ1n) is 6.67. The predicted molar refractivity (Wildman–Crippen MR) is 83.0 cm³/mol. The van der Waals surface area contributed by atoms with Gasteiger partial charge >= 0.3 is 0 Å². The topological polar surface area (TPSA) is 52.2 Å². The van der Waals surface area contributed by atoms with Crippen LogP contribution in [0.1, 0.15) is 10.5 Å². The van der Waals surface area contributed by atoms with E-state index in [-0.39, 0.29) is 22.6 Å². The lowest BCUT2D eigenvalue weighted by molar-refractivity contribution is 0.0992. The summed E-state index contributed by atoms with van der Waals surface area (Å²) in [5.41, 5.74) is 0.380. The van der Waals surface area contributed by atoms with E-state index in [4.69, 9.17) is 0 Å². The van der Waals surface area contributed by atoms with Gasteiger partial charge in [-0.25, -0.2) is 8.78 Å². The molecule has 0 N–H and O–H groups in total. The number of allylic oxidation sites excluding steroid dienone is 1. The molecule has 5 nitrogen and oxygen atoms in total. The van der Waals surface area contributed by atoms with Crippen molar-refractivity contribution in [2.45, 2.75) is 6.54 Å². The third-order valence-electron chi connectivity index (χ3n) is 3.14. The van der Waals surface area contributed by atoms with Gasteiger partial charge in [0.2, 0.25) is 0 Å². The molecule has 2 aromatic heterocycles. The van der Waals surface area contributed by atoms with E-state index in [0.717, 1.165) is 17.4 Å². The number of thiazole rings is 1. The molecule has 1 aromatic carbocycles. The van der Waals surface area contributed by atoms with E-state index < -0.39 is 17.5 Å². The molecular weight excluding hydrogens is 322 g/mol. The number of halogens is 2. The standard InChI is InChI=1S/C15H12F2N4OS/c1-3-5-21-13-10(17)7-9(16)8-12(13)23-15(21)18-14(22)11-4-6-20(2)19-11/h3-4,6-8H,1,5H2,2H3. The van der Waals surface area contributed by atoms with Gasteiger partial charge in [-0.3, -0.25) is 9.48 Å². The normalized spacial score (nSPS) is 12.0. The molecule has 0 radical (unpaired) electrons.